The number of hydrogen-bond donors (Lipinski definition) is 3. The molecule has 3 N–H and O–H groups in total. The monoisotopic (exact) mass is 498 g/mol. The highest BCUT2D eigenvalue weighted by atomic mass is 35.5. The molecule has 9 heteroatoms. The molecule has 2 aromatic carbocycles. The first-order chi connectivity index (χ1) is 13.5. The van der Waals surface area contributed by atoms with E-state index in [0.717, 1.165) is 24.2 Å². The van der Waals surface area contributed by atoms with Crippen LogP contribution >= 0.6 is 48.0 Å². The Bertz CT molecular complexity index is 731. The van der Waals surface area contributed by atoms with Gasteiger partial charge in [0.05, 0.1) is 17.7 Å². The van der Waals surface area contributed by atoms with Gasteiger partial charge in [-0.3, -0.25) is 0 Å². The second kappa shape index (κ2) is 15.8. The minimum absolute atomic E-state index is 0. The van der Waals surface area contributed by atoms with Gasteiger partial charge in [0.15, 0.2) is 11.5 Å². The maximum absolute atomic E-state index is 9.22. The van der Waals surface area contributed by atoms with Crippen LogP contribution in [0.5, 0.6) is 11.5 Å². The molecule has 5 nitrogen and oxygen atoms in total. The lowest BCUT2D eigenvalue weighted by Gasteiger charge is -2.16. The number of aliphatic hydroxyl groups excluding tert-OH is 1. The molecule has 2 rings (SSSR count). The average molecular weight is 500 g/mol. The van der Waals surface area contributed by atoms with Gasteiger partial charge in [-0.1, -0.05) is 35.3 Å². The van der Waals surface area contributed by atoms with Crippen molar-refractivity contribution in [1.82, 2.24) is 10.6 Å². The summed E-state index contributed by atoms with van der Waals surface area (Å²) in [7, 11) is 0. The summed E-state index contributed by atoms with van der Waals surface area (Å²) >= 11 is 12.4. The van der Waals surface area contributed by atoms with Crippen molar-refractivity contribution in [2.24, 2.45) is 0 Å². The Morgan fingerprint density at radius 2 is 1.63 bits per heavy atom. The lowest BCUT2D eigenvalue weighted by atomic mass is 10.2. The highest BCUT2D eigenvalue weighted by molar-refractivity contribution is 6.32. The molecular formula is C21H30Cl4N2O3. The van der Waals surface area contributed by atoms with E-state index >= 15 is 0 Å². The quantitative estimate of drug-likeness (QED) is 0.363. The molecule has 2 aromatic rings. The van der Waals surface area contributed by atoms with Gasteiger partial charge in [-0.15, -0.1) is 24.8 Å². The van der Waals surface area contributed by atoms with Crippen molar-refractivity contribution in [3.63, 3.8) is 0 Å². The third kappa shape index (κ3) is 10.4. The first-order valence-electron chi connectivity index (χ1n) is 9.41. The van der Waals surface area contributed by atoms with Crippen LogP contribution in [0, 0.1) is 0 Å². The van der Waals surface area contributed by atoms with Gasteiger partial charge in [-0.2, -0.15) is 0 Å². The Morgan fingerprint density at radius 3 is 2.27 bits per heavy atom. The smallest absolute Gasteiger partial charge is 0.180 e. The second-order valence-electron chi connectivity index (χ2n) is 6.48. The molecule has 0 heterocycles. The molecule has 1 atom stereocenters. The lowest BCUT2D eigenvalue weighted by molar-refractivity contribution is 0.191. The van der Waals surface area contributed by atoms with E-state index in [0.29, 0.717) is 47.8 Å². The van der Waals surface area contributed by atoms with Crippen LogP contribution in [0.25, 0.3) is 0 Å². The summed E-state index contributed by atoms with van der Waals surface area (Å²) in [6, 6.07) is 11.3. The number of aliphatic hydroxyl groups is 1. The zero-order valence-electron chi connectivity index (χ0n) is 17.1. The molecule has 170 valence electrons. The Morgan fingerprint density at radius 1 is 0.967 bits per heavy atom. The summed E-state index contributed by atoms with van der Waals surface area (Å²) in [5.41, 5.74) is 2.01. The van der Waals surface area contributed by atoms with Crippen LogP contribution in [-0.4, -0.2) is 37.5 Å². The third-order valence-corrected chi connectivity index (χ3v) is 4.45. The largest absolute Gasteiger partial charge is 0.490 e. The Balaban J connectivity index is 0.00000420. The van der Waals surface area contributed by atoms with E-state index in [4.69, 9.17) is 32.7 Å². The Kier molecular flexibility index (Phi) is 15.3. The minimum atomic E-state index is -0.340. The maximum Gasteiger partial charge on any atom is 0.180 e. The Labute approximate surface area is 201 Å². The van der Waals surface area contributed by atoms with Gasteiger partial charge < -0.3 is 25.2 Å². The number of rotatable bonds is 12. The molecule has 0 fully saturated rings. The maximum atomic E-state index is 9.22. The van der Waals surface area contributed by atoms with Crippen molar-refractivity contribution in [3.8, 4) is 11.5 Å². The fourth-order valence-corrected chi connectivity index (χ4v) is 3.00. The highest BCUT2D eigenvalue weighted by Gasteiger charge is 2.13. The average Bonchev–Trinajstić information content (AvgIpc) is 2.65. The van der Waals surface area contributed by atoms with E-state index in [1.807, 2.05) is 43.3 Å². The normalized spacial score (nSPS) is 11.2. The number of hydrogen-bond acceptors (Lipinski definition) is 5. The van der Waals surface area contributed by atoms with Crippen molar-refractivity contribution in [2.75, 3.05) is 26.2 Å². The number of ether oxygens (including phenoxy) is 2. The van der Waals surface area contributed by atoms with Crippen LogP contribution in [-0.2, 0) is 13.2 Å². The summed E-state index contributed by atoms with van der Waals surface area (Å²) in [6.45, 7) is 7.39. The van der Waals surface area contributed by atoms with Crippen LogP contribution in [0.3, 0.4) is 0 Å². The second-order valence-corrected chi connectivity index (χ2v) is 7.33. The van der Waals surface area contributed by atoms with E-state index in [2.05, 4.69) is 10.6 Å². The van der Waals surface area contributed by atoms with Gasteiger partial charge in [0.1, 0.15) is 6.61 Å². The summed E-state index contributed by atoms with van der Waals surface area (Å²) in [5, 5.41) is 16.9. The van der Waals surface area contributed by atoms with Crippen LogP contribution in [0.2, 0.25) is 10.0 Å². The van der Waals surface area contributed by atoms with Crippen molar-refractivity contribution >= 4 is 48.0 Å². The van der Waals surface area contributed by atoms with Gasteiger partial charge in [-0.25, -0.2) is 0 Å². The third-order valence-electron chi connectivity index (χ3n) is 3.91. The predicted octanol–water partition coefficient (Wildman–Crippen LogP) is 4.87. The summed E-state index contributed by atoms with van der Waals surface area (Å²) in [5.74, 6) is 1.17. The molecule has 0 aliphatic carbocycles. The van der Waals surface area contributed by atoms with Crippen molar-refractivity contribution in [3.05, 3.63) is 57.6 Å². The zero-order chi connectivity index (χ0) is 20.4. The van der Waals surface area contributed by atoms with E-state index < -0.39 is 0 Å². The molecule has 0 radical (unpaired) electrons. The molecule has 0 bridgehead atoms. The molecule has 1 unspecified atom stereocenters. The molecule has 0 saturated heterocycles. The summed E-state index contributed by atoms with van der Waals surface area (Å²) < 4.78 is 11.7. The first kappa shape index (κ1) is 29.1. The number of nitrogens with one attached hydrogen (secondary N) is 2. The van der Waals surface area contributed by atoms with E-state index in [1.54, 1.807) is 6.92 Å². The van der Waals surface area contributed by atoms with E-state index in [9.17, 15) is 5.11 Å². The predicted molar refractivity (Wildman–Crippen MR) is 129 cm³/mol. The Hall–Kier alpha value is -0.920. The lowest BCUT2D eigenvalue weighted by Crippen LogP contribution is -2.31. The van der Waals surface area contributed by atoms with Gasteiger partial charge >= 0.3 is 0 Å². The van der Waals surface area contributed by atoms with Crippen LogP contribution < -0.4 is 20.1 Å². The standard InChI is InChI=1S/C21H28Cl2N2O3.2ClH/c1-3-27-20-11-17(13-25-9-8-24-12-15(2)26)10-19(23)21(20)28-14-16-4-6-18(22)7-5-16;;/h4-7,10-11,15,24-26H,3,8-9,12-14H2,1-2H3;2*1H. The molecule has 0 aliphatic rings. The zero-order valence-corrected chi connectivity index (χ0v) is 20.3. The highest BCUT2D eigenvalue weighted by Crippen LogP contribution is 2.37. The topological polar surface area (TPSA) is 62.8 Å². The molecule has 0 amide bonds. The molecule has 30 heavy (non-hydrogen) atoms. The number of benzene rings is 2. The van der Waals surface area contributed by atoms with Crippen molar-refractivity contribution in [2.45, 2.75) is 33.1 Å². The van der Waals surface area contributed by atoms with E-state index in [-0.39, 0.29) is 30.9 Å². The fourth-order valence-electron chi connectivity index (χ4n) is 2.58. The van der Waals surface area contributed by atoms with Gasteiger partial charge in [0.2, 0.25) is 0 Å². The molecule has 0 spiro atoms. The number of halogens is 4. The van der Waals surface area contributed by atoms with E-state index in [1.165, 1.54) is 0 Å². The summed E-state index contributed by atoms with van der Waals surface area (Å²) in [4.78, 5) is 0. The van der Waals surface area contributed by atoms with Crippen LogP contribution in [0.4, 0.5) is 0 Å². The van der Waals surface area contributed by atoms with Gasteiger partial charge in [0.25, 0.3) is 0 Å². The fraction of sp³-hybridized carbons (Fsp3) is 0.429. The summed E-state index contributed by atoms with van der Waals surface area (Å²) in [6.07, 6.45) is -0.340. The first-order valence-corrected chi connectivity index (χ1v) is 10.2. The molecule has 0 saturated carbocycles. The van der Waals surface area contributed by atoms with Crippen molar-refractivity contribution < 1.29 is 14.6 Å². The molecular weight excluding hydrogens is 470 g/mol. The molecule has 0 aliphatic heterocycles. The van der Waals surface area contributed by atoms with Crippen LogP contribution in [0.1, 0.15) is 25.0 Å². The SMILES string of the molecule is CCOc1cc(CNCCNCC(C)O)cc(Cl)c1OCc1ccc(Cl)cc1.Cl.Cl. The molecule has 0 aromatic heterocycles. The van der Waals surface area contributed by atoms with Gasteiger partial charge in [0, 0.05) is 31.2 Å². The minimum Gasteiger partial charge on any atom is -0.490 e. The van der Waals surface area contributed by atoms with Crippen LogP contribution in [0.15, 0.2) is 36.4 Å². The van der Waals surface area contributed by atoms with Crippen molar-refractivity contribution in [1.29, 1.82) is 0 Å². The van der Waals surface area contributed by atoms with Gasteiger partial charge in [-0.05, 0) is 49.2 Å².